The molecule has 0 fully saturated rings. The Morgan fingerprint density at radius 2 is 1.28 bits per heavy atom. The molecule has 4 atom stereocenters. The third-order valence-corrected chi connectivity index (χ3v) is 3.65. The minimum atomic E-state index is 0. The Hall–Kier alpha value is 1.79. The molecule has 0 aromatic rings. The van der Waals surface area contributed by atoms with E-state index in [1.165, 1.54) is 48.9 Å². The van der Waals surface area contributed by atoms with Gasteiger partial charge in [-0.15, -0.1) is 21.6 Å². The predicted octanol–water partition coefficient (Wildman–Crippen LogP) is 2.99. The second-order valence-corrected chi connectivity index (χ2v) is 7.49. The Balaban J connectivity index is -0.0000000217. The van der Waals surface area contributed by atoms with Gasteiger partial charge in [0.15, 0.2) is 0 Å². The fraction of sp³-hybridized carbons (Fsp3) is 0.810. The number of unbranched alkanes of at least 4 members (excludes halogenated alkanes) is 2. The number of nitrogens with two attached hydrogens (primary N) is 2. The molecule has 0 rings (SSSR count). The van der Waals surface area contributed by atoms with Crippen LogP contribution in [0.25, 0.3) is 0 Å². The van der Waals surface area contributed by atoms with Crippen LogP contribution in [0.1, 0.15) is 87.0 Å². The molecule has 0 bridgehead atoms. The van der Waals surface area contributed by atoms with Crippen molar-refractivity contribution in [2.24, 2.45) is 20.4 Å². The topological polar surface area (TPSA) is 165 Å². The van der Waals surface area contributed by atoms with Crippen molar-refractivity contribution in [2.45, 2.75) is 105 Å². The quantitative estimate of drug-likeness (QED) is 0.117. The first-order valence-corrected chi connectivity index (χ1v) is 13.0. The Labute approximate surface area is 303 Å². The SMILES string of the molecule is C=CNC=O.CCC(C)N.CCC(C)N.CCC(C)NC=O.CCCCCP.Cl.FN=P.F[N]=[V].[Na+].[OH-].[V].[V]. The van der Waals surface area contributed by atoms with Gasteiger partial charge in [-0.25, -0.2) is 0 Å². The maximum absolute atomic E-state index is 9.89. The zero-order valence-electron chi connectivity index (χ0n) is 25.0. The van der Waals surface area contributed by atoms with E-state index in [0.29, 0.717) is 24.5 Å². The van der Waals surface area contributed by atoms with Crippen molar-refractivity contribution in [1.29, 1.82) is 0 Å². The molecule has 0 aliphatic heterocycles. The van der Waals surface area contributed by atoms with Crippen LogP contribution in [0.5, 0.6) is 0 Å². The molecule has 2 amide bonds. The second kappa shape index (κ2) is 97.4. The van der Waals surface area contributed by atoms with Crippen molar-refractivity contribution in [3.05, 3.63) is 12.8 Å². The van der Waals surface area contributed by atoms with Crippen LogP contribution in [0.4, 0.5) is 8.96 Å². The van der Waals surface area contributed by atoms with Crippen molar-refractivity contribution in [2.75, 3.05) is 6.16 Å². The summed E-state index contributed by atoms with van der Waals surface area (Å²) in [5.41, 5.74) is 10.6. The molecule has 0 aliphatic carbocycles. The van der Waals surface area contributed by atoms with E-state index in [0.717, 1.165) is 25.7 Å². The van der Waals surface area contributed by atoms with E-state index in [4.69, 9.17) is 11.5 Å². The Morgan fingerprint density at radius 1 is 0.974 bits per heavy atom. The van der Waals surface area contributed by atoms with Crippen molar-refractivity contribution in [1.82, 2.24) is 10.6 Å². The molecule has 7 N–H and O–H groups in total. The van der Waals surface area contributed by atoms with Gasteiger partial charge in [0, 0.05) is 64.3 Å². The minimum absolute atomic E-state index is 0. The van der Waals surface area contributed by atoms with Crippen LogP contribution in [0.15, 0.2) is 21.8 Å². The molecular weight excluding hydrogens is 695 g/mol. The molecule has 39 heavy (non-hydrogen) atoms. The molecule has 0 saturated heterocycles. The number of carbonyl (C=O) groups is 2. The number of nitrogens with one attached hydrogen (secondary N) is 2. The number of carbonyl (C=O) groups excluding carboxylic acids is 2. The van der Waals surface area contributed by atoms with Gasteiger partial charge in [0.05, 0.1) is 0 Å². The number of hydrogen-bond acceptors (Lipinski definition) is 7. The third-order valence-electron chi connectivity index (χ3n) is 3.25. The summed E-state index contributed by atoms with van der Waals surface area (Å²) >= 11 is 1.42. The largest absolute Gasteiger partial charge is 1.00 e. The van der Waals surface area contributed by atoms with Gasteiger partial charge in [0.1, 0.15) is 0 Å². The Kier molecular flexibility index (Phi) is 195. The summed E-state index contributed by atoms with van der Waals surface area (Å²) in [7, 11) is 4.87. The molecule has 0 aromatic carbocycles. The summed E-state index contributed by atoms with van der Waals surface area (Å²) in [5, 5.41) is 4.81. The summed E-state index contributed by atoms with van der Waals surface area (Å²) < 4.78 is 21.7. The maximum Gasteiger partial charge on any atom is 1.00 e. The van der Waals surface area contributed by atoms with Crippen molar-refractivity contribution >= 4 is 43.5 Å². The van der Waals surface area contributed by atoms with Gasteiger partial charge >= 0.3 is 55.3 Å². The number of rotatable bonds is 10. The molecule has 18 heteroatoms. The summed E-state index contributed by atoms with van der Waals surface area (Å²) in [4.78, 5) is 20.7. The molecule has 0 saturated carbocycles. The van der Waals surface area contributed by atoms with Crippen LogP contribution < -0.4 is 51.7 Å². The number of halogens is 3. The summed E-state index contributed by atoms with van der Waals surface area (Å²) in [6.07, 6.45) is 11.2. The van der Waals surface area contributed by atoms with E-state index in [1.54, 1.807) is 4.97 Å². The Morgan fingerprint density at radius 3 is 1.33 bits per heavy atom. The van der Waals surface area contributed by atoms with Crippen LogP contribution in [-0.4, -0.2) is 42.6 Å². The summed E-state index contributed by atoms with van der Waals surface area (Å²) in [6, 6.07) is 1.10. The summed E-state index contributed by atoms with van der Waals surface area (Å²) in [6.45, 7) is 17.6. The Bertz CT molecular complexity index is 380. The van der Waals surface area contributed by atoms with E-state index in [1.807, 2.05) is 31.7 Å². The van der Waals surface area contributed by atoms with E-state index >= 15 is 0 Å². The number of hydrogen-bond donors (Lipinski definition) is 4. The van der Waals surface area contributed by atoms with E-state index in [2.05, 4.69) is 56.3 Å². The molecule has 233 valence electrons. The molecule has 0 spiro atoms. The molecule has 0 aliphatic rings. The van der Waals surface area contributed by atoms with Crippen LogP contribution >= 0.6 is 30.7 Å². The average molecular weight is 750 g/mol. The van der Waals surface area contributed by atoms with Gasteiger partial charge < -0.3 is 27.6 Å². The van der Waals surface area contributed by atoms with E-state index in [-0.39, 0.29) is 84.6 Å². The van der Waals surface area contributed by atoms with Crippen molar-refractivity contribution in [3.8, 4) is 0 Å². The first-order valence-electron chi connectivity index (χ1n) is 11.2. The van der Waals surface area contributed by atoms with Crippen LogP contribution in [-0.2, 0) is 63.9 Å². The number of amides is 2. The monoisotopic (exact) mass is 749 g/mol. The molecule has 4 unspecified atom stereocenters. The van der Waals surface area contributed by atoms with Gasteiger partial charge in [0.2, 0.25) is 12.8 Å². The zero-order chi connectivity index (χ0) is 28.6. The zero-order valence-corrected chi connectivity index (χ0v) is 34.2. The second-order valence-electron chi connectivity index (χ2n) is 6.51. The average Bonchev–Trinajstić information content (AvgIpc) is 2.81. The molecule has 2 radical (unpaired) electrons. The molecular formula is C21H54ClF2N6NaO3P2V3. The van der Waals surface area contributed by atoms with E-state index < -0.39 is 0 Å². The smallest absolute Gasteiger partial charge is 0.870 e. The van der Waals surface area contributed by atoms with Gasteiger partial charge in [-0.3, -0.25) is 9.59 Å². The minimum Gasteiger partial charge on any atom is -0.870 e. The van der Waals surface area contributed by atoms with Crippen molar-refractivity contribution in [3.63, 3.8) is 0 Å². The summed E-state index contributed by atoms with van der Waals surface area (Å²) in [5.74, 6) is 0. The number of nitrogens with zero attached hydrogens (tertiary/aromatic N) is 2. The normalized spacial score (nSPS) is 8.90. The third kappa shape index (κ3) is 228. The standard InChI is InChI=1S/C5H11NO.C5H13P.2C4H11N.C3H5NO.ClH.FHNP.FN.Na.H2O.3V/c1-3-5(2)6-4-7;1-2-3-4-5-6;2*1-3-4(2)5;1-2-4-3-5;;1-2-3;1-2;;;;;/h4-5H,3H2,1-2H3,(H,6,7);2-6H2,1H3;2*4H,3,5H2,1-2H3;2-3H,1H2,(H,4,5);1H;3H;;;1H2;;;/q;;;;;;;;+1;;;;/p-1. The molecule has 0 aromatic heterocycles. The fourth-order valence-corrected chi connectivity index (χ4v) is 0.965. The molecule has 9 nitrogen and oxygen atoms in total. The van der Waals surface area contributed by atoms with Crippen LogP contribution in [0.2, 0.25) is 0 Å². The van der Waals surface area contributed by atoms with Gasteiger partial charge in [-0.2, -0.15) is 0 Å². The van der Waals surface area contributed by atoms with Crippen LogP contribution in [0, 0.1) is 0 Å². The van der Waals surface area contributed by atoms with Crippen LogP contribution in [0.3, 0.4) is 0 Å². The molecule has 0 heterocycles. The van der Waals surface area contributed by atoms with Gasteiger partial charge in [0.25, 0.3) is 0 Å². The van der Waals surface area contributed by atoms with Gasteiger partial charge in [-0.05, 0) is 58.8 Å². The van der Waals surface area contributed by atoms with E-state index in [9.17, 15) is 18.6 Å². The fourth-order valence-electron chi connectivity index (χ4n) is 0.676. The first-order chi connectivity index (χ1) is 16.0. The van der Waals surface area contributed by atoms with Crippen molar-refractivity contribution < 1.29 is 108 Å². The first kappa shape index (κ1) is 77.9. The predicted molar refractivity (Wildman–Crippen MR) is 155 cm³/mol. The maximum atomic E-state index is 9.89. The van der Waals surface area contributed by atoms with Gasteiger partial charge in [-0.1, -0.05) is 56.6 Å².